The maximum Gasteiger partial charge on any atom is 0.155 e. The first kappa shape index (κ1) is 23.1. The Morgan fingerprint density at radius 3 is 1.34 bits per heavy atom. The fourth-order valence-electron chi connectivity index (χ4n) is 4.29. The molecule has 0 unspecified atom stereocenters. The van der Waals surface area contributed by atoms with Gasteiger partial charge in [-0.05, 0) is 83.6 Å². The predicted octanol–water partition coefficient (Wildman–Crippen LogP) is 11.3. The van der Waals surface area contributed by atoms with Gasteiger partial charge >= 0.3 is 0 Å². The van der Waals surface area contributed by atoms with Gasteiger partial charge in [-0.1, -0.05) is 22.7 Å². The maximum absolute atomic E-state index is 13.6. The molecule has 38 heavy (non-hydrogen) atoms. The third-order valence-corrected chi connectivity index (χ3v) is 13.2. The summed E-state index contributed by atoms with van der Waals surface area (Å²) in [7, 11) is 0. The van der Waals surface area contributed by atoms with Gasteiger partial charge in [-0.25, -0.2) is 18.7 Å². The molecule has 0 saturated heterocycles. The predicted molar refractivity (Wildman–Crippen MR) is 163 cm³/mol. The van der Waals surface area contributed by atoms with Gasteiger partial charge in [0.05, 0.1) is 9.75 Å². The minimum Gasteiger partial charge on any atom is -0.222 e. The van der Waals surface area contributed by atoms with Gasteiger partial charge in [-0.3, -0.25) is 0 Å². The Balaban J connectivity index is 1.07. The first-order valence-electron chi connectivity index (χ1n) is 11.4. The number of hydrogen-bond acceptors (Lipinski definition) is 8. The molecular formula is C28H12F2N2S6. The Hall–Kier alpha value is -2.86. The zero-order chi connectivity index (χ0) is 25.4. The van der Waals surface area contributed by atoms with E-state index in [0.29, 0.717) is 0 Å². The van der Waals surface area contributed by atoms with Gasteiger partial charge in [0.25, 0.3) is 0 Å². The average Bonchev–Trinajstić information content (AvgIpc) is 3.70. The lowest BCUT2D eigenvalue weighted by molar-refractivity contribution is 0.629. The van der Waals surface area contributed by atoms with Crippen LogP contribution in [0, 0.1) is 11.6 Å². The molecule has 0 radical (unpaired) electrons. The Kier molecular flexibility index (Phi) is 5.36. The highest BCUT2D eigenvalue weighted by molar-refractivity contribution is 7.33. The van der Waals surface area contributed by atoms with Crippen molar-refractivity contribution in [3.63, 3.8) is 0 Å². The molecule has 0 aliphatic heterocycles. The Morgan fingerprint density at radius 2 is 0.868 bits per heavy atom. The van der Waals surface area contributed by atoms with Crippen LogP contribution in [0.5, 0.6) is 0 Å². The molecule has 10 heteroatoms. The average molecular weight is 607 g/mol. The molecule has 6 aromatic heterocycles. The molecule has 2 nitrogen and oxygen atoms in total. The normalized spacial score (nSPS) is 11.9. The second kappa shape index (κ2) is 8.84. The molecular weight excluding hydrogens is 595 g/mol. The number of halogens is 2. The van der Waals surface area contributed by atoms with Gasteiger partial charge in [0.2, 0.25) is 0 Å². The van der Waals surface area contributed by atoms with Crippen LogP contribution in [0.3, 0.4) is 0 Å². The summed E-state index contributed by atoms with van der Waals surface area (Å²) >= 11 is 9.98. The molecule has 0 spiro atoms. The van der Waals surface area contributed by atoms with Gasteiger partial charge in [0.15, 0.2) is 9.66 Å². The van der Waals surface area contributed by atoms with E-state index in [0.717, 1.165) is 69.1 Å². The van der Waals surface area contributed by atoms with Gasteiger partial charge in [0.1, 0.15) is 21.6 Å². The molecule has 2 aromatic carbocycles. The Morgan fingerprint density at radius 1 is 0.421 bits per heavy atom. The van der Waals surface area contributed by atoms with Crippen molar-refractivity contribution in [3.05, 3.63) is 84.4 Å². The first-order chi connectivity index (χ1) is 18.6. The van der Waals surface area contributed by atoms with Gasteiger partial charge in [-0.2, -0.15) is 0 Å². The summed E-state index contributed by atoms with van der Waals surface area (Å²) in [5.74, 6) is -0.419. The van der Waals surface area contributed by atoms with E-state index in [-0.39, 0.29) is 11.6 Å². The summed E-state index contributed by atoms with van der Waals surface area (Å²) in [4.78, 5) is 18.5. The van der Waals surface area contributed by atoms with Gasteiger partial charge in [0, 0.05) is 28.9 Å². The van der Waals surface area contributed by atoms with E-state index in [4.69, 9.17) is 9.97 Å². The van der Waals surface area contributed by atoms with Crippen molar-refractivity contribution in [2.45, 2.75) is 0 Å². The number of hydrogen-bond donors (Lipinski definition) is 0. The second-order valence-corrected chi connectivity index (χ2v) is 14.9. The molecule has 8 aromatic rings. The Bertz CT molecular complexity index is 1960. The van der Waals surface area contributed by atoms with E-state index in [9.17, 15) is 8.78 Å². The van der Waals surface area contributed by atoms with Gasteiger partial charge < -0.3 is 0 Å². The molecule has 8 rings (SSSR count). The van der Waals surface area contributed by atoms with Crippen molar-refractivity contribution >= 4 is 97.9 Å². The number of nitrogens with zero attached hydrogens (tertiary/aromatic N) is 2. The largest absolute Gasteiger partial charge is 0.222 e. The highest BCUT2D eigenvalue weighted by Crippen LogP contribution is 2.45. The van der Waals surface area contributed by atoms with Crippen molar-refractivity contribution in [1.82, 2.24) is 9.97 Å². The van der Waals surface area contributed by atoms with Crippen molar-refractivity contribution in [2.75, 3.05) is 0 Å². The van der Waals surface area contributed by atoms with Gasteiger partial charge in [-0.15, -0.1) is 45.3 Å². The molecule has 0 aliphatic carbocycles. The van der Waals surface area contributed by atoms with Crippen LogP contribution < -0.4 is 0 Å². The first-order valence-corrected chi connectivity index (χ1v) is 16.3. The smallest absolute Gasteiger partial charge is 0.155 e. The molecule has 6 heterocycles. The van der Waals surface area contributed by atoms with E-state index in [1.807, 2.05) is 12.1 Å². The molecule has 0 atom stereocenters. The van der Waals surface area contributed by atoms with Crippen LogP contribution in [-0.4, -0.2) is 9.97 Å². The lowest BCUT2D eigenvalue weighted by atomic mass is 10.2. The molecule has 0 amide bonds. The lowest BCUT2D eigenvalue weighted by Crippen LogP contribution is -1.68. The van der Waals surface area contributed by atoms with E-state index in [2.05, 4.69) is 36.4 Å². The number of thiophene rings is 4. The zero-order valence-electron chi connectivity index (χ0n) is 19.0. The summed E-state index contributed by atoms with van der Waals surface area (Å²) in [6.07, 6.45) is 0. The fourth-order valence-corrected chi connectivity index (χ4v) is 10.7. The fraction of sp³-hybridized carbons (Fsp3) is 0. The number of benzene rings is 2. The molecule has 0 saturated carbocycles. The van der Waals surface area contributed by atoms with E-state index < -0.39 is 0 Å². The number of thiazole rings is 2. The van der Waals surface area contributed by atoms with Crippen molar-refractivity contribution in [1.29, 1.82) is 0 Å². The minimum absolute atomic E-state index is 0.209. The monoisotopic (exact) mass is 606 g/mol. The highest BCUT2D eigenvalue weighted by atomic mass is 32.1. The SMILES string of the molecule is Fc1ccc2sc(-c3ccc(-c4nc5sc(-c6ccc(-c7cc8cc(F)ccc8s7)s6)nc5s4)s3)cc2c1. The van der Waals surface area contributed by atoms with E-state index >= 15 is 0 Å². The van der Waals surface area contributed by atoms with Crippen LogP contribution >= 0.6 is 68.0 Å². The molecule has 0 fully saturated rings. The standard InChI is InChI=1S/C28H12F2N2S6/c29-15-1-3-17-13(9-15)11-23(33-17)19-5-7-21(35-19)25-31-27-28(37-25)32-26(38-27)22-8-6-20(36-22)24-12-14-10-16(30)2-4-18(14)34-24/h1-12H. The lowest BCUT2D eigenvalue weighted by Gasteiger charge is -1.91. The van der Waals surface area contributed by atoms with E-state index in [1.54, 1.807) is 80.2 Å². The summed E-state index contributed by atoms with van der Waals surface area (Å²) < 4.78 is 29.4. The third kappa shape index (κ3) is 3.95. The summed E-state index contributed by atoms with van der Waals surface area (Å²) in [6, 6.07) is 22.4. The summed E-state index contributed by atoms with van der Waals surface area (Å²) in [5.41, 5.74) is 0. The van der Waals surface area contributed by atoms with Crippen molar-refractivity contribution in [2.24, 2.45) is 0 Å². The number of rotatable bonds is 4. The number of aromatic nitrogens is 2. The molecule has 0 N–H and O–H groups in total. The topological polar surface area (TPSA) is 25.8 Å². The quantitative estimate of drug-likeness (QED) is 0.199. The second-order valence-electron chi connectivity index (χ2n) is 8.56. The molecule has 0 aliphatic rings. The third-order valence-electron chi connectivity index (χ3n) is 6.05. The van der Waals surface area contributed by atoms with Crippen LogP contribution in [0.1, 0.15) is 0 Å². The van der Waals surface area contributed by atoms with Crippen molar-refractivity contribution < 1.29 is 8.78 Å². The maximum atomic E-state index is 13.6. The highest BCUT2D eigenvalue weighted by Gasteiger charge is 2.17. The van der Waals surface area contributed by atoms with Crippen LogP contribution in [0.2, 0.25) is 0 Å². The van der Waals surface area contributed by atoms with Crippen LogP contribution in [0.25, 0.3) is 69.1 Å². The Labute approximate surface area is 238 Å². The minimum atomic E-state index is -0.209. The molecule has 0 bridgehead atoms. The van der Waals surface area contributed by atoms with E-state index in [1.165, 1.54) is 12.1 Å². The summed E-state index contributed by atoms with van der Waals surface area (Å²) in [5, 5.41) is 3.81. The van der Waals surface area contributed by atoms with Crippen LogP contribution in [0.15, 0.2) is 72.8 Å². The van der Waals surface area contributed by atoms with Crippen molar-refractivity contribution in [3.8, 4) is 39.3 Å². The zero-order valence-corrected chi connectivity index (χ0v) is 23.9. The molecule has 184 valence electrons. The number of fused-ring (bicyclic) bond motifs is 3. The van der Waals surface area contributed by atoms with Crippen LogP contribution in [-0.2, 0) is 0 Å². The van der Waals surface area contributed by atoms with Crippen LogP contribution in [0.4, 0.5) is 8.78 Å². The summed E-state index contributed by atoms with van der Waals surface area (Å²) in [6.45, 7) is 0.